The van der Waals surface area contributed by atoms with E-state index in [1.165, 1.54) is 18.2 Å². The van der Waals surface area contributed by atoms with E-state index in [2.05, 4.69) is 10.1 Å². The first kappa shape index (κ1) is 20.9. The van der Waals surface area contributed by atoms with Crippen LogP contribution in [0.4, 0.5) is 23.7 Å². The Bertz CT molecular complexity index is 1130. The van der Waals surface area contributed by atoms with Crippen molar-refractivity contribution in [3.63, 3.8) is 0 Å². The average molecular weight is 446 g/mol. The van der Waals surface area contributed by atoms with Crippen LogP contribution in [0.3, 0.4) is 0 Å². The van der Waals surface area contributed by atoms with E-state index < -0.39 is 44.9 Å². The smallest absolute Gasteiger partial charge is 0.426 e. The van der Waals surface area contributed by atoms with Gasteiger partial charge in [-0.2, -0.15) is 18.4 Å². The van der Waals surface area contributed by atoms with Crippen LogP contribution in [0, 0.1) is 11.3 Å². The topological polar surface area (TPSA) is 108 Å². The summed E-state index contributed by atoms with van der Waals surface area (Å²) in [6, 6.07) is 9.82. The largest absolute Gasteiger partial charge is 0.434 e. The SMILES string of the molecule is N#Cc1cccc(S(=O)(=O)NCC2(C(F)(F)F)OC(=O)Nc3ccc(Cl)cc32)c1. The summed E-state index contributed by atoms with van der Waals surface area (Å²) in [6.07, 6.45) is -6.58. The number of nitriles is 1. The fraction of sp³-hybridized carbons (Fsp3) is 0.176. The van der Waals surface area contributed by atoms with Crippen molar-refractivity contribution in [3.05, 3.63) is 58.6 Å². The lowest BCUT2D eigenvalue weighted by Crippen LogP contribution is -2.56. The third kappa shape index (κ3) is 3.87. The van der Waals surface area contributed by atoms with Crippen LogP contribution >= 0.6 is 11.6 Å². The van der Waals surface area contributed by atoms with Crippen LogP contribution in [0.2, 0.25) is 5.02 Å². The van der Waals surface area contributed by atoms with E-state index in [4.69, 9.17) is 16.9 Å². The number of fused-ring (bicyclic) bond motifs is 1. The van der Waals surface area contributed by atoms with Crippen LogP contribution in [0.25, 0.3) is 0 Å². The second-order valence-corrected chi connectivity index (χ2v) is 8.20. The molecule has 0 saturated carbocycles. The van der Waals surface area contributed by atoms with Crippen molar-refractivity contribution in [1.82, 2.24) is 4.72 Å². The molecule has 12 heteroatoms. The third-order valence-electron chi connectivity index (χ3n) is 4.16. The van der Waals surface area contributed by atoms with Gasteiger partial charge in [0.05, 0.1) is 28.8 Å². The van der Waals surface area contributed by atoms with Crippen molar-refractivity contribution < 1.29 is 31.1 Å². The summed E-state index contributed by atoms with van der Waals surface area (Å²) in [7, 11) is -4.47. The van der Waals surface area contributed by atoms with Crippen LogP contribution < -0.4 is 10.0 Å². The summed E-state index contributed by atoms with van der Waals surface area (Å²) in [4.78, 5) is 11.4. The molecule has 0 bridgehead atoms. The average Bonchev–Trinajstić information content (AvgIpc) is 2.65. The molecule has 152 valence electrons. The maximum absolute atomic E-state index is 14.1. The van der Waals surface area contributed by atoms with Crippen LogP contribution in [0.5, 0.6) is 0 Å². The van der Waals surface area contributed by atoms with Crippen molar-refractivity contribution >= 4 is 33.4 Å². The van der Waals surface area contributed by atoms with Gasteiger partial charge in [0.2, 0.25) is 15.6 Å². The quantitative estimate of drug-likeness (QED) is 0.748. The molecule has 2 aromatic carbocycles. The number of nitrogens with zero attached hydrogens (tertiary/aromatic N) is 1. The van der Waals surface area contributed by atoms with Gasteiger partial charge < -0.3 is 4.74 Å². The highest BCUT2D eigenvalue weighted by atomic mass is 35.5. The standard InChI is InChI=1S/C17H11ClF3N3O4S/c18-11-4-5-14-13(7-11)16(17(19,20)21,28-15(25)24-14)9-23-29(26,27)12-3-1-2-10(6-12)8-22/h1-7,23H,9H2,(H,24,25). The van der Waals surface area contributed by atoms with Gasteiger partial charge in [-0.1, -0.05) is 17.7 Å². The van der Waals surface area contributed by atoms with Gasteiger partial charge >= 0.3 is 12.3 Å². The van der Waals surface area contributed by atoms with Crippen molar-refractivity contribution in [2.75, 3.05) is 11.9 Å². The number of carbonyl (C=O) groups excluding carboxylic acids is 1. The van der Waals surface area contributed by atoms with E-state index in [1.807, 2.05) is 4.72 Å². The summed E-state index contributed by atoms with van der Waals surface area (Å²) in [5.41, 5.74) is -4.07. The number of alkyl halides is 3. The molecule has 0 aromatic heterocycles. The molecule has 29 heavy (non-hydrogen) atoms. The molecule has 1 amide bonds. The second-order valence-electron chi connectivity index (χ2n) is 5.99. The summed E-state index contributed by atoms with van der Waals surface area (Å²) >= 11 is 5.80. The molecule has 2 aromatic rings. The molecule has 0 spiro atoms. The second kappa shape index (κ2) is 7.22. The number of sulfonamides is 1. The fourth-order valence-electron chi connectivity index (χ4n) is 2.76. The minimum atomic E-state index is -5.18. The van der Waals surface area contributed by atoms with Gasteiger partial charge in [0.1, 0.15) is 0 Å². The van der Waals surface area contributed by atoms with Gasteiger partial charge in [-0.25, -0.2) is 17.9 Å². The van der Waals surface area contributed by atoms with Gasteiger partial charge in [-0.05, 0) is 36.4 Å². The number of rotatable bonds is 4. The van der Waals surface area contributed by atoms with Gasteiger partial charge in [-0.15, -0.1) is 0 Å². The number of carbonyl (C=O) groups is 1. The molecule has 1 aliphatic heterocycles. The number of hydrogen-bond acceptors (Lipinski definition) is 5. The molecular weight excluding hydrogens is 435 g/mol. The molecular formula is C17H11ClF3N3O4S. The van der Waals surface area contributed by atoms with Gasteiger partial charge in [0.15, 0.2) is 0 Å². The molecule has 0 saturated heterocycles. The molecule has 0 fully saturated rings. The summed E-state index contributed by atoms with van der Waals surface area (Å²) < 4.78 is 73.6. The Balaban J connectivity index is 2.05. The number of cyclic esters (lactones) is 1. The zero-order valence-corrected chi connectivity index (χ0v) is 15.8. The lowest BCUT2D eigenvalue weighted by molar-refractivity contribution is -0.261. The lowest BCUT2D eigenvalue weighted by atomic mass is 9.90. The Hall–Kier alpha value is -2.81. The van der Waals surface area contributed by atoms with E-state index in [-0.39, 0.29) is 16.3 Å². The van der Waals surface area contributed by atoms with Crippen molar-refractivity contribution in [2.24, 2.45) is 0 Å². The van der Waals surface area contributed by atoms with Gasteiger partial charge in [0.25, 0.3) is 0 Å². The first-order chi connectivity index (χ1) is 13.5. The number of ether oxygens (including phenoxy) is 1. The third-order valence-corrected chi connectivity index (χ3v) is 5.80. The van der Waals surface area contributed by atoms with Crippen molar-refractivity contribution in [1.29, 1.82) is 5.26 Å². The van der Waals surface area contributed by atoms with Crippen molar-refractivity contribution in [2.45, 2.75) is 16.7 Å². The highest BCUT2D eigenvalue weighted by Crippen LogP contribution is 2.48. The molecule has 1 heterocycles. The number of halogens is 4. The predicted octanol–water partition coefficient (Wildman–Crippen LogP) is 3.51. The first-order valence-electron chi connectivity index (χ1n) is 7.85. The number of hydrogen-bond donors (Lipinski definition) is 2. The Morgan fingerprint density at radius 1 is 1.24 bits per heavy atom. The monoisotopic (exact) mass is 445 g/mol. The summed E-state index contributed by atoms with van der Waals surface area (Å²) in [5, 5.41) is 10.9. The molecule has 3 rings (SSSR count). The van der Waals surface area contributed by atoms with E-state index in [9.17, 15) is 26.4 Å². The summed E-state index contributed by atoms with van der Waals surface area (Å²) in [5.74, 6) is 0. The molecule has 0 aliphatic carbocycles. The van der Waals surface area contributed by atoms with Crippen LogP contribution in [0.15, 0.2) is 47.4 Å². The Kier molecular flexibility index (Phi) is 5.20. The van der Waals surface area contributed by atoms with Gasteiger partial charge in [0, 0.05) is 10.6 Å². The van der Waals surface area contributed by atoms with Crippen molar-refractivity contribution in [3.8, 4) is 6.07 Å². The van der Waals surface area contributed by atoms with E-state index >= 15 is 0 Å². The highest BCUT2D eigenvalue weighted by molar-refractivity contribution is 7.89. The number of amides is 1. The highest BCUT2D eigenvalue weighted by Gasteiger charge is 2.62. The lowest BCUT2D eigenvalue weighted by Gasteiger charge is -2.39. The van der Waals surface area contributed by atoms with E-state index in [0.717, 1.165) is 24.3 Å². The normalized spacial score (nSPS) is 18.9. The number of benzene rings is 2. The molecule has 2 N–H and O–H groups in total. The molecule has 1 aliphatic rings. The Morgan fingerprint density at radius 3 is 2.62 bits per heavy atom. The molecule has 1 unspecified atom stereocenters. The van der Waals surface area contributed by atoms with E-state index in [1.54, 1.807) is 6.07 Å². The molecule has 0 radical (unpaired) electrons. The fourth-order valence-corrected chi connectivity index (χ4v) is 4.04. The zero-order valence-electron chi connectivity index (χ0n) is 14.2. The first-order valence-corrected chi connectivity index (χ1v) is 9.71. The maximum atomic E-state index is 14.1. The molecule has 1 atom stereocenters. The maximum Gasteiger partial charge on any atom is 0.434 e. The number of anilines is 1. The summed E-state index contributed by atoms with van der Waals surface area (Å²) in [6.45, 7) is -1.34. The number of nitrogens with one attached hydrogen (secondary N) is 2. The zero-order chi connectivity index (χ0) is 21.4. The van der Waals surface area contributed by atoms with E-state index in [0.29, 0.717) is 0 Å². The molecule has 7 nitrogen and oxygen atoms in total. The Labute approximate surface area is 168 Å². The van der Waals surface area contributed by atoms with Crippen LogP contribution in [-0.2, 0) is 20.4 Å². The predicted molar refractivity (Wildman–Crippen MR) is 95.6 cm³/mol. The van der Waals surface area contributed by atoms with Gasteiger partial charge in [-0.3, -0.25) is 5.32 Å². The minimum Gasteiger partial charge on any atom is -0.426 e. The minimum absolute atomic E-state index is 0.00355. The Morgan fingerprint density at radius 2 is 1.97 bits per heavy atom. The van der Waals surface area contributed by atoms with Crippen LogP contribution in [-0.4, -0.2) is 27.2 Å². The van der Waals surface area contributed by atoms with Crippen LogP contribution in [0.1, 0.15) is 11.1 Å².